The van der Waals surface area contributed by atoms with Gasteiger partial charge in [0, 0.05) is 6.42 Å². The molecule has 1 aliphatic carbocycles. The molecule has 0 spiro atoms. The molecule has 1 amide bonds. The topological polar surface area (TPSA) is 75.4 Å². The van der Waals surface area contributed by atoms with Gasteiger partial charge in [0.15, 0.2) is 0 Å². The number of hydrogen-bond donors (Lipinski definition) is 2. The molecule has 0 radical (unpaired) electrons. The number of hydrogen-bond acceptors (Lipinski definition) is 4. The lowest BCUT2D eigenvalue weighted by Gasteiger charge is -2.18. The number of aliphatic hydroxyl groups excluding tert-OH is 1. The molecule has 3 rings (SSSR count). The summed E-state index contributed by atoms with van der Waals surface area (Å²) in [6.45, 7) is 3.65. The summed E-state index contributed by atoms with van der Waals surface area (Å²) in [7, 11) is 0. The van der Waals surface area contributed by atoms with Gasteiger partial charge < -0.3 is 14.9 Å². The van der Waals surface area contributed by atoms with Crippen molar-refractivity contribution in [2.75, 3.05) is 0 Å². The Morgan fingerprint density at radius 2 is 2.24 bits per heavy atom. The number of rotatable bonds is 3. The summed E-state index contributed by atoms with van der Waals surface area (Å²) >= 11 is 0. The molecule has 2 atom stereocenters. The molecule has 1 aliphatic rings. The summed E-state index contributed by atoms with van der Waals surface area (Å²) in [6.07, 6.45) is 0.588. The van der Waals surface area contributed by atoms with E-state index >= 15 is 0 Å². The van der Waals surface area contributed by atoms with Crippen molar-refractivity contribution in [2.24, 2.45) is 0 Å². The number of aliphatic hydroxyl groups is 1. The Morgan fingerprint density at radius 1 is 1.48 bits per heavy atom. The van der Waals surface area contributed by atoms with Crippen molar-refractivity contribution in [3.63, 3.8) is 0 Å². The Labute approximate surface area is 123 Å². The minimum atomic E-state index is -0.600. The largest absolute Gasteiger partial charge is 0.390 e. The fraction of sp³-hybridized carbons (Fsp3) is 0.375. The van der Waals surface area contributed by atoms with E-state index in [1.165, 1.54) is 0 Å². The molecule has 0 unspecified atom stereocenters. The average Bonchev–Trinajstić information content (AvgIpc) is 3.00. The lowest BCUT2D eigenvalue weighted by atomic mass is 10.1. The third-order valence-electron chi connectivity index (χ3n) is 3.99. The van der Waals surface area contributed by atoms with Crippen LogP contribution in [0, 0.1) is 6.92 Å². The van der Waals surface area contributed by atoms with Gasteiger partial charge in [-0.2, -0.15) is 0 Å². The van der Waals surface area contributed by atoms with Crippen LogP contribution in [0.15, 0.2) is 28.8 Å². The number of aromatic nitrogens is 1. The highest BCUT2D eigenvalue weighted by Crippen LogP contribution is 2.31. The maximum absolute atomic E-state index is 12.5. The van der Waals surface area contributed by atoms with Gasteiger partial charge in [-0.05, 0) is 24.5 Å². The van der Waals surface area contributed by atoms with E-state index in [0.29, 0.717) is 29.9 Å². The maximum atomic E-state index is 12.5. The average molecular weight is 286 g/mol. The SMILES string of the molecule is CCc1noc(C)c1C(=O)N[C@@H]1c2ccccc2C[C@@H]1O. The fourth-order valence-corrected chi connectivity index (χ4v) is 2.91. The minimum Gasteiger partial charge on any atom is -0.390 e. The zero-order chi connectivity index (χ0) is 15.0. The molecule has 1 aromatic carbocycles. The Kier molecular flexibility index (Phi) is 3.51. The van der Waals surface area contributed by atoms with Gasteiger partial charge in [-0.3, -0.25) is 4.79 Å². The fourth-order valence-electron chi connectivity index (χ4n) is 2.91. The van der Waals surface area contributed by atoms with Crippen molar-refractivity contribution in [2.45, 2.75) is 38.8 Å². The number of fused-ring (bicyclic) bond motifs is 1. The molecule has 0 bridgehead atoms. The molecule has 5 heteroatoms. The highest BCUT2D eigenvalue weighted by Gasteiger charge is 2.33. The first-order valence-electron chi connectivity index (χ1n) is 7.13. The second-order valence-electron chi connectivity index (χ2n) is 5.34. The molecule has 0 saturated carbocycles. The molecule has 0 aliphatic heterocycles. The lowest BCUT2D eigenvalue weighted by molar-refractivity contribution is 0.0856. The first-order chi connectivity index (χ1) is 10.1. The Hall–Kier alpha value is -2.14. The zero-order valence-corrected chi connectivity index (χ0v) is 12.1. The van der Waals surface area contributed by atoms with Crippen LogP contribution < -0.4 is 5.32 Å². The van der Waals surface area contributed by atoms with Crippen molar-refractivity contribution >= 4 is 5.91 Å². The van der Waals surface area contributed by atoms with Crippen molar-refractivity contribution in [3.8, 4) is 0 Å². The van der Waals surface area contributed by atoms with Gasteiger partial charge in [0.05, 0.1) is 17.8 Å². The summed E-state index contributed by atoms with van der Waals surface area (Å²) in [5.41, 5.74) is 3.18. The van der Waals surface area contributed by atoms with Gasteiger partial charge in [-0.25, -0.2) is 0 Å². The van der Waals surface area contributed by atoms with Crippen LogP contribution in [-0.4, -0.2) is 22.3 Å². The molecule has 0 saturated heterocycles. The lowest BCUT2D eigenvalue weighted by Crippen LogP contribution is -2.34. The number of nitrogens with one attached hydrogen (secondary N) is 1. The smallest absolute Gasteiger partial charge is 0.257 e. The molecule has 0 fully saturated rings. The normalized spacial score (nSPS) is 20.3. The van der Waals surface area contributed by atoms with E-state index in [-0.39, 0.29) is 11.9 Å². The van der Waals surface area contributed by atoms with Crippen molar-refractivity contribution in [1.82, 2.24) is 10.5 Å². The van der Waals surface area contributed by atoms with E-state index in [1.807, 2.05) is 31.2 Å². The molecular formula is C16H18N2O3. The van der Waals surface area contributed by atoms with Gasteiger partial charge in [-0.1, -0.05) is 36.3 Å². The number of benzene rings is 1. The molecule has 2 aromatic rings. The highest BCUT2D eigenvalue weighted by molar-refractivity contribution is 5.96. The van der Waals surface area contributed by atoms with Crippen molar-refractivity contribution in [3.05, 3.63) is 52.4 Å². The van der Waals surface area contributed by atoms with Crippen LogP contribution in [-0.2, 0) is 12.8 Å². The van der Waals surface area contributed by atoms with Crippen molar-refractivity contribution < 1.29 is 14.4 Å². The summed E-state index contributed by atoms with van der Waals surface area (Å²) in [6, 6.07) is 7.39. The molecule has 1 aromatic heterocycles. The van der Waals surface area contributed by atoms with Gasteiger partial charge in [0.25, 0.3) is 5.91 Å². The Balaban J connectivity index is 1.87. The summed E-state index contributed by atoms with van der Waals surface area (Å²) in [4.78, 5) is 12.5. The van der Waals surface area contributed by atoms with E-state index < -0.39 is 6.10 Å². The third kappa shape index (κ3) is 2.34. The predicted octanol–water partition coefficient (Wildman–Crippen LogP) is 1.93. The van der Waals surface area contributed by atoms with Gasteiger partial charge in [0.2, 0.25) is 0 Å². The second kappa shape index (κ2) is 5.33. The zero-order valence-electron chi connectivity index (χ0n) is 12.1. The van der Waals surface area contributed by atoms with Gasteiger partial charge >= 0.3 is 0 Å². The summed E-state index contributed by atoms with van der Waals surface area (Å²) < 4.78 is 5.10. The number of amides is 1. The van der Waals surface area contributed by atoms with Crippen LogP contribution in [0.2, 0.25) is 0 Å². The third-order valence-corrected chi connectivity index (χ3v) is 3.99. The highest BCUT2D eigenvalue weighted by atomic mass is 16.5. The van der Waals surface area contributed by atoms with Gasteiger partial charge in [-0.15, -0.1) is 0 Å². The van der Waals surface area contributed by atoms with Crippen LogP contribution in [0.5, 0.6) is 0 Å². The van der Waals surface area contributed by atoms with Crippen molar-refractivity contribution in [1.29, 1.82) is 0 Å². The number of nitrogens with zero attached hydrogens (tertiary/aromatic N) is 1. The molecular weight excluding hydrogens is 268 g/mol. The number of aryl methyl sites for hydroxylation is 2. The standard InChI is InChI=1S/C16H18N2O3/c1-3-12-14(9(2)21-18-12)16(20)17-15-11-7-5-4-6-10(11)8-13(15)19/h4-7,13,15,19H,3,8H2,1-2H3,(H,17,20)/t13-,15+/m0/s1. The van der Waals surface area contributed by atoms with Crippen LogP contribution >= 0.6 is 0 Å². The van der Waals surface area contributed by atoms with Crippen LogP contribution in [0.25, 0.3) is 0 Å². The van der Waals surface area contributed by atoms with E-state index in [4.69, 9.17) is 4.52 Å². The summed E-state index contributed by atoms with van der Waals surface area (Å²) in [5, 5.41) is 17.0. The summed E-state index contributed by atoms with van der Waals surface area (Å²) in [5.74, 6) is 0.261. The second-order valence-corrected chi connectivity index (χ2v) is 5.34. The Morgan fingerprint density at radius 3 is 3.00 bits per heavy atom. The predicted molar refractivity (Wildman–Crippen MR) is 77.0 cm³/mol. The van der Waals surface area contributed by atoms with E-state index in [2.05, 4.69) is 10.5 Å². The number of carbonyl (C=O) groups excluding carboxylic acids is 1. The van der Waals surface area contributed by atoms with E-state index in [1.54, 1.807) is 6.92 Å². The molecule has 1 heterocycles. The minimum absolute atomic E-state index is 0.244. The maximum Gasteiger partial charge on any atom is 0.257 e. The van der Waals surface area contributed by atoms with Crippen LogP contribution in [0.1, 0.15) is 45.9 Å². The Bertz CT molecular complexity index is 678. The van der Waals surface area contributed by atoms with E-state index in [9.17, 15) is 9.90 Å². The molecule has 110 valence electrons. The number of carbonyl (C=O) groups is 1. The quantitative estimate of drug-likeness (QED) is 0.904. The first kappa shape index (κ1) is 13.8. The molecule has 2 N–H and O–H groups in total. The van der Waals surface area contributed by atoms with Crippen LogP contribution in [0.4, 0.5) is 0 Å². The molecule has 5 nitrogen and oxygen atoms in total. The first-order valence-corrected chi connectivity index (χ1v) is 7.13. The van der Waals surface area contributed by atoms with Gasteiger partial charge in [0.1, 0.15) is 11.3 Å². The van der Waals surface area contributed by atoms with Crippen LogP contribution in [0.3, 0.4) is 0 Å². The monoisotopic (exact) mass is 286 g/mol. The van der Waals surface area contributed by atoms with E-state index in [0.717, 1.165) is 11.1 Å². The molecule has 21 heavy (non-hydrogen) atoms.